The molecule has 1 heterocycles. The third kappa shape index (κ3) is 4.37. The van der Waals surface area contributed by atoms with Crippen LogP contribution in [0.3, 0.4) is 0 Å². The van der Waals surface area contributed by atoms with Gasteiger partial charge in [0.15, 0.2) is 5.17 Å². The van der Waals surface area contributed by atoms with Crippen LogP contribution in [0.25, 0.3) is 0 Å². The average molecular weight is 373 g/mol. The smallest absolute Gasteiger partial charge is 0.154 e. The zero-order valence-corrected chi connectivity index (χ0v) is 15.8. The van der Waals surface area contributed by atoms with Gasteiger partial charge in [-0.25, -0.2) is 4.39 Å². The first-order valence-electron chi connectivity index (χ1n) is 8.64. The van der Waals surface area contributed by atoms with Crippen molar-refractivity contribution >= 4 is 22.6 Å². The number of aliphatic hydroxyl groups excluding tert-OH is 1. The van der Waals surface area contributed by atoms with E-state index in [4.69, 9.17) is 5.73 Å². The van der Waals surface area contributed by atoms with E-state index in [0.717, 1.165) is 28.9 Å². The van der Waals surface area contributed by atoms with E-state index in [1.807, 2.05) is 38.1 Å². The van der Waals surface area contributed by atoms with Gasteiger partial charge in [0.1, 0.15) is 12.0 Å². The first-order valence-corrected chi connectivity index (χ1v) is 9.62. The van der Waals surface area contributed by atoms with E-state index >= 15 is 0 Å². The van der Waals surface area contributed by atoms with E-state index in [1.54, 1.807) is 12.1 Å². The summed E-state index contributed by atoms with van der Waals surface area (Å²) in [6.07, 6.45) is 0.337. The Labute approximate surface area is 157 Å². The summed E-state index contributed by atoms with van der Waals surface area (Å²) in [5.41, 5.74) is 8.71. The van der Waals surface area contributed by atoms with Crippen LogP contribution in [0, 0.1) is 12.7 Å². The average Bonchev–Trinajstić information content (AvgIpc) is 2.58. The van der Waals surface area contributed by atoms with Crippen molar-refractivity contribution in [2.45, 2.75) is 38.5 Å². The fourth-order valence-electron chi connectivity index (χ4n) is 3.04. The molecule has 0 aromatic heterocycles. The van der Waals surface area contributed by atoms with Crippen molar-refractivity contribution in [3.8, 4) is 0 Å². The van der Waals surface area contributed by atoms with Crippen molar-refractivity contribution in [3.63, 3.8) is 0 Å². The number of thioether (sulfide) groups is 1. The molecule has 3 rings (SSSR count). The van der Waals surface area contributed by atoms with Crippen molar-refractivity contribution in [1.29, 1.82) is 0 Å². The molecule has 4 N–H and O–H groups in total. The molecule has 6 heteroatoms. The van der Waals surface area contributed by atoms with Crippen molar-refractivity contribution in [3.05, 3.63) is 65.0 Å². The van der Waals surface area contributed by atoms with Crippen molar-refractivity contribution < 1.29 is 9.50 Å². The second kappa shape index (κ2) is 7.68. The number of hydrogen-bond acceptors (Lipinski definition) is 5. The number of anilines is 1. The summed E-state index contributed by atoms with van der Waals surface area (Å²) in [5.74, 6) is 0.476. The number of rotatable bonds is 5. The molecule has 0 saturated heterocycles. The quantitative estimate of drug-likeness (QED) is 0.698. The number of aliphatic hydroxyl groups is 1. The number of nitrogens with one attached hydrogen (secondary N) is 1. The molecular formula is C20H24FN3OS. The monoisotopic (exact) mass is 373 g/mol. The van der Waals surface area contributed by atoms with E-state index in [0.29, 0.717) is 11.6 Å². The molecule has 0 saturated carbocycles. The SMILES string of the molecule is Cc1ccc(CC(O)Nc2cc(C3(C)CCSC(N)=N3)ccc2F)cc1. The molecule has 0 bridgehead atoms. The van der Waals surface area contributed by atoms with E-state index in [1.165, 1.54) is 17.8 Å². The zero-order chi connectivity index (χ0) is 18.7. The van der Waals surface area contributed by atoms with Crippen molar-refractivity contribution in [1.82, 2.24) is 0 Å². The minimum Gasteiger partial charge on any atom is -0.379 e. The molecule has 0 radical (unpaired) electrons. The van der Waals surface area contributed by atoms with Gasteiger partial charge in [-0.15, -0.1) is 0 Å². The van der Waals surface area contributed by atoms with Gasteiger partial charge >= 0.3 is 0 Å². The minimum absolute atomic E-state index is 0.273. The summed E-state index contributed by atoms with van der Waals surface area (Å²) < 4.78 is 14.3. The number of benzene rings is 2. The molecule has 2 aromatic rings. The second-order valence-corrected chi connectivity index (χ2v) is 7.98. The molecule has 0 spiro atoms. The molecule has 2 aromatic carbocycles. The van der Waals surface area contributed by atoms with Crippen molar-refractivity contribution in [2.75, 3.05) is 11.1 Å². The van der Waals surface area contributed by atoms with Gasteiger partial charge in [-0.3, -0.25) is 4.99 Å². The highest BCUT2D eigenvalue weighted by Gasteiger charge is 2.30. The van der Waals surface area contributed by atoms with Gasteiger partial charge in [-0.05, 0) is 43.5 Å². The Morgan fingerprint density at radius 3 is 2.73 bits per heavy atom. The minimum atomic E-state index is -0.884. The summed E-state index contributed by atoms with van der Waals surface area (Å²) in [6.45, 7) is 4.01. The first-order chi connectivity index (χ1) is 12.4. The summed E-state index contributed by atoms with van der Waals surface area (Å²) in [4.78, 5) is 4.55. The third-order valence-electron chi connectivity index (χ3n) is 4.66. The van der Waals surface area contributed by atoms with Gasteiger partial charge in [0.25, 0.3) is 0 Å². The molecular weight excluding hydrogens is 349 g/mol. The fraction of sp³-hybridized carbons (Fsp3) is 0.350. The predicted octanol–water partition coefficient (Wildman–Crippen LogP) is 3.77. The number of aliphatic imine (C=N–C) groups is 1. The van der Waals surface area contributed by atoms with E-state index in [2.05, 4.69) is 10.3 Å². The Bertz CT molecular complexity index is 809. The maximum atomic E-state index is 14.3. The van der Waals surface area contributed by atoms with Crippen LogP contribution in [0.1, 0.15) is 30.0 Å². The van der Waals surface area contributed by atoms with Crippen molar-refractivity contribution in [2.24, 2.45) is 10.7 Å². The highest BCUT2D eigenvalue weighted by molar-refractivity contribution is 8.13. The second-order valence-electron chi connectivity index (χ2n) is 6.87. The number of aryl methyl sites for hydroxylation is 1. The Kier molecular flexibility index (Phi) is 5.53. The molecule has 4 nitrogen and oxygen atoms in total. The van der Waals surface area contributed by atoms with E-state index < -0.39 is 17.6 Å². The van der Waals surface area contributed by atoms with Crippen LogP contribution in [0.15, 0.2) is 47.5 Å². The number of amidine groups is 1. The highest BCUT2D eigenvalue weighted by atomic mass is 32.2. The molecule has 2 unspecified atom stereocenters. The predicted molar refractivity (Wildman–Crippen MR) is 107 cm³/mol. The Balaban J connectivity index is 1.77. The lowest BCUT2D eigenvalue weighted by Crippen LogP contribution is -2.29. The van der Waals surface area contributed by atoms with Gasteiger partial charge in [0.2, 0.25) is 0 Å². The van der Waals surface area contributed by atoms with Gasteiger partial charge in [0.05, 0.1) is 11.2 Å². The summed E-state index contributed by atoms with van der Waals surface area (Å²) in [6, 6.07) is 12.8. The van der Waals surface area contributed by atoms with E-state index in [-0.39, 0.29) is 5.69 Å². The van der Waals surface area contributed by atoms with Gasteiger partial charge in [-0.1, -0.05) is 47.7 Å². The maximum absolute atomic E-state index is 14.3. The molecule has 26 heavy (non-hydrogen) atoms. The first kappa shape index (κ1) is 18.7. The standard InChI is InChI=1S/C20H24FN3OS/c1-13-3-5-14(6-4-13)11-18(25)23-17-12-15(7-8-16(17)21)20(2)9-10-26-19(22)24-20/h3-8,12,18,23,25H,9-11H2,1-2H3,(H2,22,24). The van der Waals surface area contributed by atoms with E-state index in [9.17, 15) is 9.50 Å². The third-order valence-corrected chi connectivity index (χ3v) is 5.45. The summed E-state index contributed by atoms with van der Waals surface area (Å²) in [5, 5.41) is 13.8. The van der Waals surface area contributed by atoms with Gasteiger partial charge < -0.3 is 16.2 Å². The largest absolute Gasteiger partial charge is 0.379 e. The van der Waals surface area contributed by atoms with Crippen LogP contribution >= 0.6 is 11.8 Å². The fourth-order valence-corrected chi connectivity index (χ4v) is 4.02. The lowest BCUT2D eigenvalue weighted by atomic mass is 9.89. The lowest BCUT2D eigenvalue weighted by Gasteiger charge is -2.30. The Hall–Kier alpha value is -2.05. The van der Waals surface area contributed by atoms with Gasteiger partial charge in [0, 0.05) is 12.2 Å². The summed E-state index contributed by atoms with van der Waals surface area (Å²) >= 11 is 1.53. The molecule has 2 atom stereocenters. The number of nitrogens with two attached hydrogens (primary N) is 1. The number of nitrogens with zero attached hydrogens (tertiary/aromatic N) is 1. The lowest BCUT2D eigenvalue weighted by molar-refractivity contribution is 0.203. The normalized spacial score (nSPS) is 21.2. The number of halogens is 1. The molecule has 0 amide bonds. The van der Waals surface area contributed by atoms with Crippen LogP contribution in [0.5, 0.6) is 0 Å². The maximum Gasteiger partial charge on any atom is 0.154 e. The zero-order valence-electron chi connectivity index (χ0n) is 15.0. The molecule has 138 valence electrons. The van der Waals surface area contributed by atoms with Crippen LogP contribution in [-0.2, 0) is 12.0 Å². The molecule has 0 fully saturated rings. The highest BCUT2D eigenvalue weighted by Crippen LogP contribution is 2.36. The van der Waals surface area contributed by atoms with Crippen LogP contribution in [0.2, 0.25) is 0 Å². The van der Waals surface area contributed by atoms with Crippen LogP contribution in [-0.4, -0.2) is 22.3 Å². The molecule has 1 aliphatic rings. The number of hydrogen-bond donors (Lipinski definition) is 3. The van der Waals surface area contributed by atoms with Crippen LogP contribution in [0.4, 0.5) is 10.1 Å². The van der Waals surface area contributed by atoms with Gasteiger partial charge in [-0.2, -0.15) is 0 Å². The topological polar surface area (TPSA) is 70.6 Å². The van der Waals surface area contributed by atoms with Crippen LogP contribution < -0.4 is 11.1 Å². The Morgan fingerprint density at radius 2 is 2.04 bits per heavy atom. The summed E-state index contributed by atoms with van der Waals surface area (Å²) in [7, 11) is 0. The molecule has 1 aliphatic heterocycles. The molecule has 0 aliphatic carbocycles. The Morgan fingerprint density at radius 1 is 1.31 bits per heavy atom.